The summed E-state index contributed by atoms with van der Waals surface area (Å²) in [6.07, 6.45) is 9.90. The maximum atomic E-state index is 5.99. The van der Waals surface area contributed by atoms with E-state index in [9.17, 15) is 0 Å². The van der Waals surface area contributed by atoms with Gasteiger partial charge in [-0.1, -0.05) is 78.1 Å². The molecule has 2 atom stereocenters. The molecule has 2 aromatic rings. The van der Waals surface area contributed by atoms with Crippen molar-refractivity contribution < 1.29 is 9.47 Å². The molecule has 0 fully saturated rings. The molecule has 32 heavy (non-hydrogen) atoms. The maximum Gasteiger partial charge on any atom is 0.119 e. The summed E-state index contributed by atoms with van der Waals surface area (Å²) < 4.78 is 12.0. The average molecular weight is 435 g/mol. The van der Waals surface area contributed by atoms with E-state index in [1.807, 2.05) is 48.5 Å². The minimum Gasteiger partial charge on any atom is -0.493 e. The number of rotatable bonds is 14. The number of benzene rings is 2. The number of unbranched alkanes of at least 4 members (excludes halogenated alkanes) is 2. The molecule has 0 amide bonds. The predicted molar refractivity (Wildman–Crippen MR) is 136 cm³/mol. The molecule has 0 heterocycles. The van der Waals surface area contributed by atoms with Crippen LogP contribution in [-0.4, -0.2) is 13.2 Å². The van der Waals surface area contributed by atoms with Gasteiger partial charge in [-0.05, 0) is 73.2 Å². The van der Waals surface area contributed by atoms with Gasteiger partial charge >= 0.3 is 0 Å². The predicted octanol–water partition coefficient (Wildman–Crippen LogP) is 8.28. The molecule has 0 saturated carbocycles. The first-order chi connectivity index (χ1) is 15.7. The van der Waals surface area contributed by atoms with Crippen molar-refractivity contribution in [1.82, 2.24) is 0 Å². The van der Waals surface area contributed by atoms with E-state index in [2.05, 4.69) is 39.5 Å². The lowest BCUT2D eigenvalue weighted by molar-refractivity contribution is 0.233. The third kappa shape index (κ3) is 9.82. The highest BCUT2D eigenvalue weighted by Crippen LogP contribution is 2.19. The van der Waals surface area contributed by atoms with Crippen LogP contribution in [0.2, 0.25) is 0 Å². The van der Waals surface area contributed by atoms with Crippen LogP contribution in [0.25, 0.3) is 0 Å². The van der Waals surface area contributed by atoms with Crippen LogP contribution in [0.3, 0.4) is 0 Å². The van der Waals surface area contributed by atoms with Gasteiger partial charge in [-0.3, -0.25) is 0 Å². The molecule has 2 rings (SSSR count). The first-order valence-corrected chi connectivity index (χ1v) is 12.7. The second-order valence-corrected chi connectivity index (χ2v) is 8.75. The van der Waals surface area contributed by atoms with Crippen molar-refractivity contribution in [1.29, 1.82) is 0 Å². The minimum atomic E-state index is 0.644. The van der Waals surface area contributed by atoms with Crippen molar-refractivity contribution in [2.24, 2.45) is 11.8 Å². The summed E-state index contributed by atoms with van der Waals surface area (Å²) in [6.45, 7) is 10.6. The quantitative estimate of drug-likeness (QED) is 0.278. The Morgan fingerprint density at radius 3 is 1.28 bits per heavy atom. The van der Waals surface area contributed by atoms with Crippen molar-refractivity contribution in [3.8, 4) is 23.3 Å². The normalized spacial score (nSPS) is 12.5. The highest BCUT2D eigenvalue weighted by Gasteiger charge is 2.07. The fraction of sp³-hybridized carbons (Fsp3) is 0.533. The first kappa shape index (κ1) is 25.9. The monoisotopic (exact) mass is 434 g/mol. The Balaban J connectivity index is 1.83. The van der Waals surface area contributed by atoms with E-state index in [1.165, 1.54) is 51.4 Å². The molecule has 0 aliphatic rings. The second kappa shape index (κ2) is 15.4. The summed E-state index contributed by atoms with van der Waals surface area (Å²) in [5.41, 5.74) is 2.00. The Morgan fingerprint density at radius 2 is 0.969 bits per heavy atom. The Labute approximate surface area is 196 Å². The highest BCUT2D eigenvalue weighted by molar-refractivity contribution is 5.45. The van der Waals surface area contributed by atoms with Crippen molar-refractivity contribution in [3.05, 3.63) is 59.7 Å². The summed E-state index contributed by atoms with van der Waals surface area (Å²) in [5.74, 6) is 9.64. The molecule has 0 saturated heterocycles. The molecule has 2 unspecified atom stereocenters. The fourth-order valence-electron chi connectivity index (χ4n) is 3.64. The van der Waals surface area contributed by atoms with Crippen LogP contribution in [0.15, 0.2) is 48.5 Å². The van der Waals surface area contributed by atoms with Crippen molar-refractivity contribution >= 4 is 0 Å². The van der Waals surface area contributed by atoms with Crippen LogP contribution < -0.4 is 9.47 Å². The van der Waals surface area contributed by atoms with Gasteiger partial charge in [0.1, 0.15) is 11.5 Å². The fourth-order valence-corrected chi connectivity index (χ4v) is 3.64. The Kier molecular flexibility index (Phi) is 12.5. The molecule has 0 bridgehead atoms. The summed E-state index contributed by atoms with van der Waals surface area (Å²) in [4.78, 5) is 0. The molecule has 2 heteroatoms. The van der Waals surface area contributed by atoms with Crippen LogP contribution >= 0.6 is 0 Å². The third-order valence-corrected chi connectivity index (χ3v) is 6.12. The molecule has 0 aromatic heterocycles. The molecule has 174 valence electrons. The van der Waals surface area contributed by atoms with Crippen LogP contribution in [-0.2, 0) is 0 Å². The van der Waals surface area contributed by atoms with Gasteiger partial charge in [0.15, 0.2) is 0 Å². The Bertz CT molecular complexity index is 728. The number of hydrogen-bond donors (Lipinski definition) is 0. The van der Waals surface area contributed by atoms with Gasteiger partial charge in [-0.25, -0.2) is 0 Å². The van der Waals surface area contributed by atoms with E-state index in [0.717, 1.165) is 35.8 Å². The van der Waals surface area contributed by atoms with Crippen LogP contribution in [0.5, 0.6) is 11.5 Å². The van der Waals surface area contributed by atoms with Gasteiger partial charge in [-0.2, -0.15) is 0 Å². The lowest BCUT2D eigenvalue weighted by Crippen LogP contribution is -2.11. The molecule has 2 nitrogen and oxygen atoms in total. The zero-order valence-corrected chi connectivity index (χ0v) is 20.7. The Morgan fingerprint density at radius 1 is 0.594 bits per heavy atom. The van der Waals surface area contributed by atoms with E-state index >= 15 is 0 Å². The molecular formula is C30H42O2. The van der Waals surface area contributed by atoms with E-state index in [0.29, 0.717) is 11.8 Å². The van der Waals surface area contributed by atoms with Gasteiger partial charge in [-0.15, -0.1) is 0 Å². The summed E-state index contributed by atoms with van der Waals surface area (Å²) in [6, 6.07) is 16.2. The van der Waals surface area contributed by atoms with Crippen molar-refractivity contribution in [2.75, 3.05) is 13.2 Å². The van der Waals surface area contributed by atoms with Gasteiger partial charge in [0, 0.05) is 11.1 Å². The van der Waals surface area contributed by atoms with Gasteiger partial charge in [0.25, 0.3) is 0 Å². The molecule has 0 aliphatic heterocycles. The molecule has 0 spiro atoms. The van der Waals surface area contributed by atoms with E-state index < -0.39 is 0 Å². The topological polar surface area (TPSA) is 18.5 Å². The smallest absolute Gasteiger partial charge is 0.119 e. The third-order valence-electron chi connectivity index (χ3n) is 6.12. The van der Waals surface area contributed by atoms with E-state index in [1.54, 1.807) is 0 Å². The van der Waals surface area contributed by atoms with Crippen LogP contribution in [0.1, 0.15) is 90.2 Å². The summed E-state index contributed by atoms with van der Waals surface area (Å²) in [7, 11) is 0. The molecule has 0 N–H and O–H groups in total. The lowest BCUT2D eigenvalue weighted by atomic mass is 10.0. The number of ether oxygens (including phenoxy) is 2. The molecular weight excluding hydrogens is 392 g/mol. The number of hydrogen-bond acceptors (Lipinski definition) is 2. The largest absolute Gasteiger partial charge is 0.493 e. The highest BCUT2D eigenvalue weighted by atomic mass is 16.5. The summed E-state index contributed by atoms with van der Waals surface area (Å²) in [5, 5.41) is 0. The van der Waals surface area contributed by atoms with Gasteiger partial charge in [0.2, 0.25) is 0 Å². The first-order valence-electron chi connectivity index (χ1n) is 12.7. The van der Waals surface area contributed by atoms with Crippen molar-refractivity contribution in [3.63, 3.8) is 0 Å². The zero-order chi connectivity index (χ0) is 23.0. The maximum absolute atomic E-state index is 5.99. The SMILES string of the molecule is CCCCC(CC)COc1ccc(C#Cc2ccc(OCC(CC)CCCC)cc2)cc1. The standard InChI is InChI=1S/C30H42O2/c1-5-9-11-25(7-3)23-31-29-19-15-27(16-20-29)13-14-28-17-21-30(22-18-28)32-24-26(8-4)12-10-6-2/h15-22,25-26H,5-12,23-24H2,1-4H3. The molecule has 0 aliphatic carbocycles. The van der Waals surface area contributed by atoms with Crippen LogP contribution in [0.4, 0.5) is 0 Å². The average Bonchev–Trinajstić information content (AvgIpc) is 2.84. The van der Waals surface area contributed by atoms with Crippen LogP contribution in [0, 0.1) is 23.7 Å². The minimum absolute atomic E-state index is 0.644. The van der Waals surface area contributed by atoms with Gasteiger partial charge in [0.05, 0.1) is 13.2 Å². The van der Waals surface area contributed by atoms with Crippen molar-refractivity contribution in [2.45, 2.75) is 79.1 Å². The molecule has 2 aromatic carbocycles. The second-order valence-electron chi connectivity index (χ2n) is 8.75. The van der Waals surface area contributed by atoms with E-state index in [-0.39, 0.29) is 0 Å². The Hall–Kier alpha value is -2.40. The lowest BCUT2D eigenvalue weighted by Gasteiger charge is -2.15. The zero-order valence-electron chi connectivity index (χ0n) is 20.7. The summed E-state index contributed by atoms with van der Waals surface area (Å²) >= 11 is 0. The molecule has 0 radical (unpaired) electrons. The van der Waals surface area contributed by atoms with Gasteiger partial charge < -0.3 is 9.47 Å². The van der Waals surface area contributed by atoms with E-state index in [4.69, 9.17) is 9.47 Å².